The Labute approximate surface area is 166 Å². The molecule has 0 aliphatic heterocycles. The van der Waals surface area contributed by atoms with Gasteiger partial charge in [-0.15, -0.1) is 0 Å². The Bertz CT molecular complexity index is 747. The SMILES string of the molecule is CC(C)(C)c1ccc(/C=C/C(=O)NCCSCc2cccc(Cl)c2)cc1. The number of carbonyl (C=O) groups excluding carboxylic acids is 1. The lowest BCUT2D eigenvalue weighted by molar-refractivity contribution is -0.116. The van der Waals surface area contributed by atoms with Gasteiger partial charge in [0.1, 0.15) is 0 Å². The van der Waals surface area contributed by atoms with Crippen molar-refractivity contribution in [2.45, 2.75) is 31.9 Å². The van der Waals surface area contributed by atoms with Crippen LogP contribution in [0.2, 0.25) is 5.02 Å². The van der Waals surface area contributed by atoms with Gasteiger partial charge in [0.2, 0.25) is 5.91 Å². The smallest absolute Gasteiger partial charge is 0.244 e. The zero-order valence-corrected chi connectivity index (χ0v) is 17.2. The van der Waals surface area contributed by atoms with E-state index < -0.39 is 0 Å². The van der Waals surface area contributed by atoms with Crippen LogP contribution in [-0.2, 0) is 16.0 Å². The van der Waals surface area contributed by atoms with Crippen molar-refractivity contribution in [3.8, 4) is 0 Å². The van der Waals surface area contributed by atoms with Crippen LogP contribution >= 0.6 is 23.4 Å². The number of benzene rings is 2. The van der Waals surface area contributed by atoms with E-state index in [0.717, 1.165) is 22.1 Å². The highest BCUT2D eigenvalue weighted by Crippen LogP contribution is 2.22. The van der Waals surface area contributed by atoms with Gasteiger partial charge in [0.25, 0.3) is 0 Å². The average Bonchev–Trinajstić information content (AvgIpc) is 2.59. The molecule has 0 aliphatic carbocycles. The van der Waals surface area contributed by atoms with Gasteiger partial charge in [-0.25, -0.2) is 0 Å². The Kier molecular flexibility index (Phi) is 7.80. The molecule has 0 spiro atoms. The van der Waals surface area contributed by atoms with E-state index in [9.17, 15) is 4.79 Å². The van der Waals surface area contributed by atoms with Gasteiger partial charge < -0.3 is 5.32 Å². The fraction of sp³-hybridized carbons (Fsp3) is 0.318. The first-order valence-electron chi connectivity index (χ1n) is 8.73. The molecule has 0 aliphatic rings. The maximum absolute atomic E-state index is 11.9. The lowest BCUT2D eigenvalue weighted by Crippen LogP contribution is -2.23. The molecule has 0 atom stereocenters. The summed E-state index contributed by atoms with van der Waals surface area (Å²) in [4.78, 5) is 11.9. The second-order valence-corrected chi connectivity index (χ2v) is 8.72. The molecule has 0 aromatic heterocycles. The summed E-state index contributed by atoms with van der Waals surface area (Å²) in [5.41, 5.74) is 3.66. The van der Waals surface area contributed by atoms with Crippen LogP contribution in [0.3, 0.4) is 0 Å². The highest BCUT2D eigenvalue weighted by Gasteiger charge is 2.12. The molecule has 0 heterocycles. The van der Waals surface area contributed by atoms with E-state index in [0.29, 0.717) is 6.54 Å². The Morgan fingerprint density at radius 2 is 1.88 bits per heavy atom. The molecule has 0 fully saturated rings. The second-order valence-electron chi connectivity index (χ2n) is 7.18. The molecule has 0 saturated heterocycles. The van der Waals surface area contributed by atoms with Crippen LogP contribution in [0, 0.1) is 0 Å². The first kappa shape index (κ1) is 20.6. The number of thioether (sulfide) groups is 1. The molecular formula is C22H26ClNOS. The number of rotatable bonds is 7. The fourth-order valence-electron chi connectivity index (χ4n) is 2.39. The summed E-state index contributed by atoms with van der Waals surface area (Å²) in [7, 11) is 0. The van der Waals surface area contributed by atoms with Crippen molar-refractivity contribution in [2.24, 2.45) is 0 Å². The van der Waals surface area contributed by atoms with Gasteiger partial charge in [-0.3, -0.25) is 4.79 Å². The Morgan fingerprint density at radius 3 is 2.54 bits per heavy atom. The van der Waals surface area contributed by atoms with Gasteiger partial charge >= 0.3 is 0 Å². The lowest BCUT2D eigenvalue weighted by Gasteiger charge is -2.18. The molecule has 0 saturated carbocycles. The zero-order valence-electron chi connectivity index (χ0n) is 15.6. The van der Waals surface area contributed by atoms with Crippen molar-refractivity contribution in [2.75, 3.05) is 12.3 Å². The van der Waals surface area contributed by atoms with Gasteiger partial charge in [-0.05, 0) is 40.3 Å². The van der Waals surface area contributed by atoms with Crippen LogP contribution in [0.25, 0.3) is 6.08 Å². The summed E-state index contributed by atoms with van der Waals surface area (Å²) >= 11 is 7.75. The van der Waals surface area contributed by atoms with E-state index >= 15 is 0 Å². The summed E-state index contributed by atoms with van der Waals surface area (Å²) in [6.45, 7) is 7.22. The second kappa shape index (κ2) is 9.84. The van der Waals surface area contributed by atoms with Crippen molar-refractivity contribution >= 4 is 35.3 Å². The summed E-state index contributed by atoms with van der Waals surface area (Å²) in [5, 5.41) is 3.67. The molecule has 26 heavy (non-hydrogen) atoms. The molecule has 0 unspecified atom stereocenters. The molecular weight excluding hydrogens is 362 g/mol. The first-order valence-corrected chi connectivity index (χ1v) is 10.3. The minimum atomic E-state index is -0.0618. The van der Waals surface area contributed by atoms with Crippen LogP contribution in [0.5, 0.6) is 0 Å². The van der Waals surface area contributed by atoms with Crippen LogP contribution in [0.15, 0.2) is 54.6 Å². The first-order chi connectivity index (χ1) is 12.3. The lowest BCUT2D eigenvalue weighted by atomic mass is 9.87. The van der Waals surface area contributed by atoms with Gasteiger partial charge in [0.15, 0.2) is 0 Å². The molecule has 138 valence electrons. The summed E-state index contributed by atoms with van der Waals surface area (Å²) in [5.74, 6) is 1.70. The predicted molar refractivity (Wildman–Crippen MR) is 115 cm³/mol. The largest absolute Gasteiger partial charge is 0.352 e. The highest BCUT2D eigenvalue weighted by molar-refractivity contribution is 7.98. The van der Waals surface area contributed by atoms with E-state index in [1.165, 1.54) is 11.1 Å². The number of carbonyl (C=O) groups is 1. The zero-order chi connectivity index (χ0) is 19.0. The van der Waals surface area contributed by atoms with Crippen molar-refractivity contribution < 1.29 is 4.79 Å². The van der Waals surface area contributed by atoms with Gasteiger partial charge in [-0.2, -0.15) is 11.8 Å². The molecule has 2 aromatic carbocycles. The minimum absolute atomic E-state index is 0.0618. The maximum Gasteiger partial charge on any atom is 0.244 e. The van der Waals surface area contributed by atoms with Gasteiger partial charge in [0, 0.05) is 29.1 Å². The van der Waals surface area contributed by atoms with E-state index in [1.807, 2.05) is 36.4 Å². The maximum atomic E-state index is 11.9. The highest BCUT2D eigenvalue weighted by atomic mass is 35.5. The molecule has 1 amide bonds. The van der Waals surface area contributed by atoms with E-state index in [-0.39, 0.29) is 11.3 Å². The van der Waals surface area contributed by atoms with E-state index in [4.69, 9.17) is 11.6 Å². The van der Waals surface area contributed by atoms with E-state index in [1.54, 1.807) is 17.8 Å². The third kappa shape index (κ3) is 7.27. The number of halogens is 1. The van der Waals surface area contributed by atoms with Crippen molar-refractivity contribution in [1.29, 1.82) is 0 Å². The topological polar surface area (TPSA) is 29.1 Å². The Balaban J connectivity index is 1.69. The molecule has 2 nitrogen and oxygen atoms in total. The third-order valence-corrected chi connectivity index (χ3v) is 5.17. The molecule has 2 rings (SSSR count). The van der Waals surface area contributed by atoms with E-state index in [2.05, 4.69) is 44.3 Å². The standard InChI is InChI=1S/C22H26ClNOS/c1-22(2,3)19-10-7-17(8-11-19)9-12-21(25)24-13-14-26-16-18-5-4-6-20(23)15-18/h4-12,15H,13-14,16H2,1-3H3,(H,24,25)/b12-9+. The average molecular weight is 388 g/mol. The van der Waals surface area contributed by atoms with Gasteiger partial charge in [-0.1, -0.05) is 68.8 Å². The molecule has 4 heteroatoms. The number of hydrogen-bond donors (Lipinski definition) is 1. The molecule has 2 aromatic rings. The summed E-state index contributed by atoms with van der Waals surface area (Å²) in [6.07, 6.45) is 3.44. The third-order valence-electron chi connectivity index (χ3n) is 3.91. The van der Waals surface area contributed by atoms with Crippen molar-refractivity contribution in [1.82, 2.24) is 5.32 Å². The number of nitrogens with one attached hydrogen (secondary N) is 1. The van der Waals surface area contributed by atoms with Gasteiger partial charge in [0.05, 0.1) is 0 Å². The minimum Gasteiger partial charge on any atom is -0.352 e. The van der Waals surface area contributed by atoms with Crippen LogP contribution in [0.4, 0.5) is 0 Å². The van der Waals surface area contributed by atoms with Crippen LogP contribution < -0.4 is 5.32 Å². The van der Waals surface area contributed by atoms with Crippen molar-refractivity contribution in [3.05, 3.63) is 76.3 Å². The monoisotopic (exact) mass is 387 g/mol. The van der Waals surface area contributed by atoms with Crippen molar-refractivity contribution in [3.63, 3.8) is 0 Å². The normalized spacial score (nSPS) is 11.7. The number of hydrogen-bond acceptors (Lipinski definition) is 2. The predicted octanol–water partition coefficient (Wildman–Crippen LogP) is 5.70. The van der Waals surface area contributed by atoms with Crippen LogP contribution in [-0.4, -0.2) is 18.2 Å². The Hall–Kier alpha value is -1.71. The fourth-order valence-corrected chi connectivity index (χ4v) is 3.41. The molecule has 1 N–H and O–H groups in total. The summed E-state index contributed by atoms with van der Waals surface area (Å²) < 4.78 is 0. The summed E-state index contributed by atoms with van der Waals surface area (Å²) in [6, 6.07) is 16.2. The molecule has 0 bridgehead atoms. The number of amides is 1. The quantitative estimate of drug-likeness (QED) is 0.487. The van der Waals surface area contributed by atoms with Crippen LogP contribution in [0.1, 0.15) is 37.5 Å². The molecule has 0 radical (unpaired) electrons. The Morgan fingerprint density at radius 1 is 1.15 bits per heavy atom.